The number of benzene rings is 2. The summed E-state index contributed by atoms with van der Waals surface area (Å²) < 4.78 is 13.1. The summed E-state index contributed by atoms with van der Waals surface area (Å²) >= 11 is 7.93. The number of amides is 4. The molecule has 0 saturated carbocycles. The number of thiazole rings is 1. The molecule has 2 aromatic carbocycles. The second-order valence-corrected chi connectivity index (χ2v) is 13.6. The van der Waals surface area contributed by atoms with Gasteiger partial charge in [0.15, 0.2) is 21.0 Å². The Bertz CT molecular complexity index is 2040. The van der Waals surface area contributed by atoms with Gasteiger partial charge < -0.3 is 35.4 Å². The maximum Gasteiger partial charge on any atom is 0.404 e. The number of carbonyl (C=O) groups is 6. The van der Waals surface area contributed by atoms with Gasteiger partial charge in [-0.15, -0.1) is 22.9 Å². The number of ether oxygens (including phenoxy) is 3. The van der Waals surface area contributed by atoms with E-state index >= 15 is 0 Å². The van der Waals surface area contributed by atoms with Gasteiger partial charge in [-0.2, -0.15) is 0 Å². The van der Waals surface area contributed by atoms with E-state index in [1.54, 1.807) is 0 Å². The molecule has 0 aliphatic carbocycles. The number of carbonyl (C=O) groups excluding carboxylic acids is 6. The molecule has 4 rings (SSSR count). The van der Waals surface area contributed by atoms with Crippen molar-refractivity contribution in [2.24, 2.45) is 10.9 Å². The molecule has 23 nitrogen and oxygen atoms in total. The van der Waals surface area contributed by atoms with E-state index in [2.05, 4.69) is 20.8 Å². The molecule has 2 heterocycles. The van der Waals surface area contributed by atoms with Gasteiger partial charge >= 0.3 is 18.0 Å². The van der Waals surface area contributed by atoms with Gasteiger partial charge in [-0.3, -0.25) is 39.4 Å². The zero-order valence-electron chi connectivity index (χ0n) is 28.1. The van der Waals surface area contributed by atoms with Crippen molar-refractivity contribution in [2.45, 2.75) is 22.8 Å². The molecule has 2 atom stereocenters. The summed E-state index contributed by atoms with van der Waals surface area (Å²) in [6.45, 7) is -2.88. The summed E-state index contributed by atoms with van der Waals surface area (Å²) in [7, 11) is 0. The van der Waals surface area contributed by atoms with Crippen LogP contribution in [0.3, 0.4) is 0 Å². The first-order valence-electron chi connectivity index (χ1n) is 15.3. The largest absolute Gasteiger partial charge is 0.459 e. The van der Waals surface area contributed by atoms with Gasteiger partial charge in [-0.25, -0.2) is 24.4 Å². The molecule has 4 amide bonds. The van der Waals surface area contributed by atoms with Gasteiger partial charge in [0.05, 0.1) is 9.85 Å². The van der Waals surface area contributed by atoms with Crippen molar-refractivity contribution in [3.05, 3.63) is 91.0 Å². The highest BCUT2D eigenvalue weighted by atomic mass is 127. The lowest BCUT2D eigenvalue weighted by atomic mass is 9.98. The third-order valence-corrected chi connectivity index (χ3v) is 9.47. The van der Waals surface area contributed by atoms with Crippen LogP contribution in [-0.2, 0) is 61.1 Å². The molecular weight excluding hydrogens is 907 g/mol. The van der Waals surface area contributed by atoms with Crippen LogP contribution in [0.15, 0.2) is 59.1 Å². The van der Waals surface area contributed by atoms with Crippen molar-refractivity contribution >= 4 is 104 Å². The fourth-order valence-corrected chi connectivity index (χ4v) is 5.99. The number of hydrogen-bond acceptors (Lipinski definition) is 18. The Labute approximate surface area is 335 Å². The van der Waals surface area contributed by atoms with Crippen LogP contribution in [0.5, 0.6) is 0 Å². The van der Waals surface area contributed by atoms with Crippen molar-refractivity contribution in [3.63, 3.8) is 0 Å². The Morgan fingerprint density at radius 2 is 1.50 bits per heavy atom. The number of nitrogens with one attached hydrogen (secondary N) is 2. The maximum absolute atomic E-state index is 13.7. The summed E-state index contributed by atoms with van der Waals surface area (Å²) in [5.41, 5.74) is 4.80. The quantitative estimate of drug-likeness (QED) is 0.0178. The molecule has 4 N–H and O–H groups in total. The number of primary amides is 1. The number of oxime groups is 1. The summed E-state index contributed by atoms with van der Waals surface area (Å²) in [6, 6.07) is 9.06. The lowest BCUT2D eigenvalue weighted by Crippen LogP contribution is -2.78. The number of aromatic nitrogens is 1. The Kier molecular flexibility index (Phi) is 14.9. The molecule has 0 spiro atoms. The molecule has 1 aliphatic heterocycles. The average molecular weight is 933 g/mol. The molecule has 1 fully saturated rings. The first-order valence-corrected chi connectivity index (χ1v) is 17.8. The van der Waals surface area contributed by atoms with E-state index in [9.17, 15) is 49.0 Å². The minimum absolute atomic E-state index is 0.00895. The third kappa shape index (κ3) is 11.5. The highest BCUT2D eigenvalue weighted by Crippen LogP contribution is 2.38. The molecule has 0 radical (unpaired) electrons. The Balaban J connectivity index is 1.44. The number of esters is 2. The van der Waals surface area contributed by atoms with E-state index in [0.29, 0.717) is 16.2 Å². The van der Waals surface area contributed by atoms with Crippen LogP contribution in [0, 0.1) is 20.2 Å². The summed E-state index contributed by atoms with van der Waals surface area (Å²) in [6.07, 6.45) is -1.25. The van der Waals surface area contributed by atoms with Crippen LogP contribution in [0.1, 0.15) is 16.8 Å². The van der Waals surface area contributed by atoms with E-state index in [4.69, 9.17) is 41.2 Å². The number of β-lactam (4-membered cyclic amide) rings is 1. The molecule has 0 unspecified atom stereocenters. The summed E-state index contributed by atoms with van der Waals surface area (Å²) in [5, 5.41) is 32.1. The summed E-state index contributed by atoms with van der Waals surface area (Å²) in [4.78, 5) is 110. The second kappa shape index (κ2) is 19.5. The lowest BCUT2D eigenvalue weighted by molar-refractivity contribution is -0.385. The highest BCUT2D eigenvalue weighted by molar-refractivity contribution is 14.1. The molecule has 1 aromatic heterocycles. The zero-order valence-corrected chi connectivity index (χ0v) is 31.8. The predicted octanol–water partition coefficient (Wildman–Crippen LogP) is 1.83. The molecule has 56 heavy (non-hydrogen) atoms. The van der Waals surface area contributed by atoms with Crippen molar-refractivity contribution < 1.29 is 62.5 Å². The van der Waals surface area contributed by atoms with Crippen molar-refractivity contribution in [1.82, 2.24) is 15.4 Å². The van der Waals surface area contributed by atoms with Gasteiger partial charge in [0, 0.05) is 29.6 Å². The fourth-order valence-electron chi connectivity index (χ4n) is 4.30. The molecule has 3 aromatic rings. The monoisotopic (exact) mass is 932 g/mol. The van der Waals surface area contributed by atoms with Crippen LogP contribution in [-0.4, -0.2) is 96.6 Å². The lowest BCUT2D eigenvalue weighted by Gasteiger charge is -2.50. The molecule has 26 heteroatoms. The van der Waals surface area contributed by atoms with Crippen molar-refractivity contribution in [2.75, 3.05) is 31.0 Å². The zero-order chi connectivity index (χ0) is 41.0. The number of rotatable bonds is 19. The summed E-state index contributed by atoms with van der Waals surface area (Å²) in [5.74, 6) is -5.02. The normalized spacial score (nSPS) is 16.2. The third-order valence-electron chi connectivity index (χ3n) is 7.02. The van der Waals surface area contributed by atoms with Crippen LogP contribution in [0.4, 0.5) is 21.3 Å². The number of non-ortho nitro benzene ring substituents is 2. The Hall–Kier alpha value is -6.06. The second-order valence-electron chi connectivity index (χ2n) is 10.8. The molecule has 1 saturated heterocycles. The number of nitro groups is 2. The minimum Gasteiger partial charge on any atom is -0.459 e. The van der Waals surface area contributed by atoms with Crippen molar-refractivity contribution in [1.29, 1.82) is 0 Å². The van der Waals surface area contributed by atoms with Gasteiger partial charge in [-0.1, -0.05) is 5.16 Å². The van der Waals surface area contributed by atoms with Crippen LogP contribution in [0.25, 0.3) is 0 Å². The van der Waals surface area contributed by atoms with Crippen LogP contribution >= 0.6 is 45.5 Å². The number of hydrogen-bond donors (Lipinski definition) is 3. The number of nitrogens with two attached hydrogens (primary N) is 1. The number of nitro benzene ring substituents is 2. The first kappa shape index (κ1) is 42.7. The van der Waals surface area contributed by atoms with E-state index in [1.807, 2.05) is 0 Å². The van der Waals surface area contributed by atoms with Gasteiger partial charge in [0.1, 0.15) is 37.4 Å². The fraction of sp³-hybridized carbons (Fsp3) is 0.267. The number of alkyl halides is 2. The van der Waals surface area contributed by atoms with Crippen LogP contribution in [0.2, 0.25) is 0 Å². The Morgan fingerprint density at radius 3 is 2.02 bits per heavy atom. The molecule has 296 valence electrons. The number of hydroxylamine groups is 2. The predicted molar refractivity (Wildman–Crippen MR) is 197 cm³/mol. The van der Waals surface area contributed by atoms with Gasteiger partial charge in [-0.05, 0) is 58.0 Å². The number of anilines is 1. The van der Waals surface area contributed by atoms with Crippen LogP contribution < -0.4 is 16.4 Å². The topological polar surface area (TPSA) is 313 Å². The highest BCUT2D eigenvalue weighted by Gasteiger charge is 2.63. The molecular formula is C30H26ClIN8O15S. The smallest absolute Gasteiger partial charge is 0.404 e. The van der Waals surface area contributed by atoms with E-state index in [1.165, 1.54) is 76.5 Å². The van der Waals surface area contributed by atoms with Gasteiger partial charge in [0.25, 0.3) is 23.2 Å². The maximum atomic E-state index is 13.7. The van der Waals surface area contributed by atoms with E-state index < -0.39 is 86.6 Å². The van der Waals surface area contributed by atoms with E-state index in [-0.39, 0.29) is 35.4 Å². The SMILES string of the molecule is NC(=O)OC[C@@H]1N(OCC(=O)OCc2ccc([N+](=O)[O-])cc2)C(=O)[C@]1(I)NC(=O)C(=NOCC(=O)OCc1ccc([N+](=O)[O-])cc1)c1csc(NC(=O)CCl)n1. The van der Waals surface area contributed by atoms with E-state index in [0.717, 1.165) is 11.3 Å². The minimum atomic E-state index is -1.94. The number of halogens is 2. The molecule has 0 bridgehead atoms. The standard InChI is InChI=1S/C30H26ClIN8O15S/c31-9-22(41)35-29-34-20(15-56-29)25(37-54-13-23(42)51-10-16-1-5-18(6-2-16)39(47)48)26(44)36-30(32)21(12-53-28(33)46)38(27(30)45)55-14-24(43)52-11-17-3-7-19(8-4-17)40(49)50/h1-8,15,21H,9-14H2,(H2,33,46)(H,36,44)(H,34,35,41)/t21-,30+/m0/s1. The Morgan fingerprint density at radius 1 is 0.946 bits per heavy atom. The molecule has 1 aliphatic rings. The number of nitrogens with zero attached hydrogens (tertiary/aromatic N) is 5. The average Bonchev–Trinajstić information content (AvgIpc) is 3.63. The first-order chi connectivity index (χ1) is 26.6. The van der Waals surface area contributed by atoms with Crippen molar-refractivity contribution in [3.8, 4) is 0 Å². The van der Waals surface area contributed by atoms with Gasteiger partial charge in [0.2, 0.25) is 12.5 Å².